The van der Waals surface area contributed by atoms with E-state index in [2.05, 4.69) is 33.5 Å². The Hall–Kier alpha value is -2.14. The van der Waals surface area contributed by atoms with Gasteiger partial charge in [-0.15, -0.1) is 11.3 Å². The maximum atomic E-state index is 6.24. The van der Waals surface area contributed by atoms with Crippen molar-refractivity contribution in [2.45, 2.75) is 0 Å². The molecular weight excluding hydrogens is 361 g/mol. The summed E-state index contributed by atoms with van der Waals surface area (Å²) in [7, 11) is 0. The smallest absolute Gasteiger partial charge is 0.142 e. The van der Waals surface area contributed by atoms with Crippen molar-refractivity contribution < 1.29 is 0 Å². The Morgan fingerprint density at radius 2 is 1.75 bits per heavy atom. The zero-order valence-corrected chi connectivity index (χ0v) is 14.7. The lowest BCUT2D eigenvalue weighted by molar-refractivity contribution is 1.23. The monoisotopic (exact) mass is 371 g/mol. The molecule has 3 nitrogen and oxygen atoms in total. The lowest BCUT2D eigenvalue weighted by Crippen LogP contribution is -1.95. The molecule has 0 aliphatic carbocycles. The van der Waals surface area contributed by atoms with Gasteiger partial charge in [0.15, 0.2) is 0 Å². The van der Waals surface area contributed by atoms with Gasteiger partial charge in [-0.25, -0.2) is 9.97 Å². The quantitative estimate of drug-likeness (QED) is 0.452. The second-order valence-corrected chi connectivity index (χ2v) is 7.04. The number of thiophene rings is 1. The predicted molar refractivity (Wildman–Crippen MR) is 103 cm³/mol. The van der Waals surface area contributed by atoms with Crippen LogP contribution in [-0.2, 0) is 0 Å². The van der Waals surface area contributed by atoms with Gasteiger partial charge in [-0.05, 0) is 29.8 Å². The highest BCUT2D eigenvalue weighted by Gasteiger charge is 2.11. The molecule has 2 aromatic heterocycles. The number of nitrogens with one attached hydrogen (secondary N) is 1. The average Bonchev–Trinajstić information content (AvgIpc) is 3.04. The van der Waals surface area contributed by atoms with Crippen molar-refractivity contribution in [1.29, 1.82) is 0 Å². The normalized spacial score (nSPS) is 10.9. The van der Waals surface area contributed by atoms with Gasteiger partial charge in [0.2, 0.25) is 0 Å². The van der Waals surface area contributed by atoms with E-state index in [-0.39, 0.29) is 0 Å². The summed E-state index contributed by atoms with van der Waals surface area (Å²) in [5.74, 6) is 0.711. The fraction of sp³-hybridized carbons (Fsp3) is 0. The molecule has 0 saturated heterocycles. The van der Waals surface area contributed by atoms with Crippen molar-refractivity contribution in [3.05, 3.63) is 71.0 Å². The fourth-order valence-corrected chi connectivity index (χ4v) is 3.76. The summed E-state index contributed by atoms with van der Waals surface area (Å²) in [5.41, 5.74) is 1.88. The van der Waals surface area contributed by atoms with E-state index in [1.165, 1.54) is 0 Å². The molecule has 0 saturated carbocycles. The maximum absolute atomic E-state index is 6.24. The van der Waals surface area contributed by atoms with E-state index >= 15 is 0 Å². The third-order valence-corrected chi connectivity index (χ3v) is 5.23. The molecule has 118 valence electrons. The number of hydrogen-bond acceptors (Lipinski definition) is 4. The average molecular weight is 372 g/mol. The molecule has 4 aromatic rings. The van der Waals surface area contributed by atoms with Gasteiger partial charge in [0.1, 0.15) is 17.0 Å². The molecule has 0 aliphatic heterocycles. The first-order chi connectivity index (χ1) is 11.7. The Morgan fingerprint density at radius 1 is 0.917 bits per heavy atom. The summed E-state index contributed by atoms with van der Waals surface area (Å²) in [6.07, 6.45) is 1.55. The molecule has 2 aromatic carbocycles. The number of fused-ring (bicyclic) bond motifs is 1. The van der Waals surface area contributed by atoms with Gasteiger partial charge in [0.05, 0.1) is 16.1 Å². The summed E-state index contributed by atoms with van der Waals surface area (Å²) in [4.78, 5) is 10.8. The molecule has 0 spiro atoms. The molecule has 0 unspecified atom stereocenters. The van der Waals surface area contributed by atoms with Crippen LogP contribution in [0, 0.1) is 0 Å². The summed E-state index contributed by atoms with van der Waals surface area (Å²) in [6.45, 7) is 0. The predicted octanol–water partition coefficient (Wildman–Crippen LogP) is 6.41. The topological polar surface area (TPSA) is 37.8 Å². The summed E-state index contributed by atoms with van der Waals surface area (Å²) in [5, 5.41) is 5.42. The lowest BCUT2D eigenvalue weighted by Gasteiger charge is -2.08. The molecule has 0 atom stereocenters. The van der Waals surface area contributed by atoms with Gasteiger partial charge >= 0.3 is 0 Å². The van der Waals surface area contributed by atoms with Crippen LogP contribution in [0.1, 0.15) is 0 Å². The molecule has 0 aliphatic rings. The van der Waals surface area contributed by atoms with Gasteiger partial charge in [-0.2, -0.15) is 0 Å². The molecule has 0 bridgehead atoms. The zero-order valence-electron chi connectivity index (χ0n) is 12.3. The van der Waals surface area contributed by atoms with E-state index in [0.717, 1.165) is 26.3 Å². The largest absolute Gasteiger partial charge is 0.338 e. The molecule has 24 heavy (non-hydrogen) atoms. The molecule has 0 fully saturated rings. The Labute approximate surface area is 152 Å². The second kappa shape index (κ2) is 6.40. The zero-order chi connectivity index (χ0) is 16.5. The van der Waals surface area contributed by atoms with Crippen LogP contribution in [0.15, 0.2) is 60.9 Å². The van der Waals surface area contributed by atoms with Gasteiger partial charge in [0.25, 0.3) is 0 Å². The van der Waals surface area contributed by atoms with Crippen LogP contribution in [-0.4, -0.2) is 9.97 Å². The second-order valence-electron chi connectivity index (χ2n) is 5.17. The molecule has 6 heteroatoms. The molecule has 2 heterocycles. The SMILES string of the molecule is Clc1ccc(Cl)c(Nc2ncnc3sc(-c4ccccc4)cc23)c1. The molecule has 0 radical (unpaired) electrons. The molecule has 0 amide bonds. The third kappa shape index (κ3) is 2.96. The molecule has 1 N–H and O–H groups in total. The lowest BCUT2D eigenvalue weighted by atomic mass is 10.2. The standard InChI is InChI=1S/C18H11Cl2N3S/c19-12-6-7-14(20)15(8-12)23-17-13-9-16(11-4-2-1-3-5-11)24-18(13)22-10-21-17/h1-10H,(H,21,22,23). The highest BCUT2D eigenvalue weighted by Crippen LogP contribution is 2.36. The first-order valence-electron chi connectivity index (χ1n) is 7.23. The minimum Gasteiger partial charge on any atom is -0.338 e. The number of aromatic nitrogens is 2. The minimum atomic E-state index is 0.588. The Morgan fingerprint density at radius 3 is 2.58 bits per heavy atom. The Kier molecular flexibility index (Phi) is 4.10. The van der Waals surface area contributed by atoms with Crippen molar-refractivity contribution in [3.63, 3.8) is 0 Å². The van der Waals surface area contributed by atoms with Crippen LogP contribution in [0.25, 0.3) is 20.7 Å². The van der Waals surface area contributed by atoms with E-state index in [4.69, 9.17) is 23.2 Å². The summed E-state index contributed by atoms with van der Waals surface area (Å²) < 4.78 is 0. The van der Waals surface area contributed by atoms with Crippen molar-refractivity contribution in [3.8, 4) is 10.4 Å². The summed E-state index contributed by atoms with van der Waals surface area (Å²) in [6, 6.07) is 17.6. The van der Waals surface area contributed by atoms with Crippen molar-refractivity contribution in [2.75, 3.05) is 5.32 Å². The van der Waals surface area contributed by atoms with E-state index in [1.54, 1.807) is 35.9 Å². The Balaban J connectivity index is 1.79. The highest BCUT2D eigenvalue weighted by atomic mass is 35.5. The fourth-order valence-electron chi connectivity index (χ4n) is 2.42. The van der Waals surface area contributed by atoms with Crippen LogP contribution >= 0.6 is 34.5 Å². The van der Waals surface area contributed by atoms with Crippen molar-refractivity contribution in [1.82, 2.24) is 9.97 Å². The van der Waals surface area contributed by atoms with Crippen LogP contribution in [0.5, 0.6) is 0 Å². The maximum Gasteiger partial charge on any atom is 0.142 e. The van der Waals surface area contributed by atoms with E-state index in [0.29, 0.717) is 15.9 Å². The van der Waals surface area contributed by atoms with E-state index < -0.39 is 0 Å². The van der Waals surface area contributed by atoms with Crippen LogP contribution in [0.4, 0.5) is 11.5 Å². The number of hydrogen-bond donors (Lipinski definition) is 1. The molecular formula is C18H11Cl2N3S. The van der Waals surface area contributed by atoms with E-state index in [9.17, 15) is 0 Å². The van der Waals surface area contributed by atoms with Crippen LogP contribution < -0.4 is 5.32 Å². The summed E-state index contributed by atoms with van der Waals surface area (Å²) >= 11 is 13.9. The molecule has 4 rings (SSSR count). The third-order valence-electron chi connectivity index (χ3n) is 3.57. The first kappa shape index (κ1) is 15.4. The highest BCUT2D eigenvalue weighted by molar-refractivity contribution is 7.21. The number of benzene rings is 2. The van der Waals surface area contributed by atoms with Crippen molar-refractivity contribution in [2.24, 2.45) is 0 Å². The van der Waals surface area contributed by atoms with Crippen LogP contribution in [0.2, 0.25) is 10.0 Å². The van der Waals surface area contributed by atoms with E-state index in [1.807, 2.05) is 18.2 Å². The van der Waals surface area contributed by atoms with Crippen molar-refractivity contribution >= 4 is 56.3 Å². The Bertz CT molecular complexity index is 1020. The number of anilines is 2. The first-order valence-corrected chi connectivity index (χ1v) is 8.80. The number of nitrogens with zero attached hydrogens (tertiary/aromatic N) is 2. The van der Waals surface area contributed by atoms with Crippen LogP contribution in [0.3, 0.4) is 0 Å². The van der Waals surface area contributed by atoms with Gasteiger partial charge in [-0.1, -0.05) is 53.5 Å². The van der Waals surface area contributed by atoms with Gasteiger partial charge in [0, 0.05) is 9.90 Å². The number of rotatable bonds is 3. The minimum absolute atomic E-state index is 0.588. The van der Waals surface area contributed by atoms with Gasteiger partial charge in [-0.3, -0.25) is 0 Å². The van der Waals surface area contributed by atoms with Gasteiger partial charge < -0.3 is 5.32 Å². The number of halogens is 2.